The van der Waals surface area contributed by atoms with E-state index in [1.165, 1.54) is 0 Å². The van der Waals surface area contributed by atoms with E-state index in [0.29, 0.717) is 36.3 Å². The number of benzene rings is 1. The summed E-state index contributed by atoms with van der Waals surface area (Å²) in [7, 11) is 1.63. The Balaban J connectivity index is 1.84. The first-order valence-corrected chi connectivity index (χ1v) is 10.9. The summed E-state index contributed by atoms with van der Waals surface area (Å²) in [4.78, 5) is 13.7. The Bertz CT molecular complexity index is 1230. The van der Waals surface area contributed by atoms with Crippen molar-refractivity contribution >= 4 is 10.9 Å². The number of aromatic nitrogens is 5. The average molecular weight is 449 g/mol. The van der Waals surface area contributed by atoms with E-state index in [2.05, 4.69) is 22.0 Å². The van der Waals surface area contributed by atoms with Crippen molar-refractivity contribution in [1.29, 1.82) is 0 Å². The molecular weight excluding hydrogens is 420 g/mol. The van der Waals surface area contributed by atoms with Crippen molar-refractivity contribution in [3.05, 3.63) is 60.2 Å². The van der Waals surface area contributed by atoms with Gasteiger partial charge in [0.05, 0.1) is 41.7 Å². The number of hydrogen-bond donors (Lipinski definition) is 2. The van der Waals surface area contributed by atoms with Crippen molar-refractivity contribution in [2.24, 2.45) is 5.73 Å². The first-order valence-electron chi connectivity index (χ1n) is 10.9. The van der Waals surface area contributed by atoms with E-state index >= 15 is 0 Å². The summed E-state index contributed by atoms with van der Waals surface area (Å²) in [5.74, 6) is 1.80. The van der Waals surface area contributed by atoms with Crippen LogP contribution in [0.4, 0.5) is 0 Å². The molecule has 3 N–H and O–H groups in total. The molecule has 3 heterocycles. The van der Waals surface area contributed by atoms with Gasteiger partial charge in [-0.05, 0) is 36.8 Å². The molecule has 4 aromatic rings. The van der Waals surface area contributed by atoms with E-state index in [1.54, 1.807) is 30.3 Å². The molecule has 9 heteroatoms. The highest BCUT2D eigenvalue weighted by Crippen LogP contribution is 2.33. The summed E-state index contributed by atoms with van der Waals surface area (Å²) >= 11 is 0. The number of pyridine rings is 1. The lowest BCUT2D eigenvalue weighted by atomic mass is 10.1. The number of ether oxygens (including phenoxy) is 2. The number of fused-ring (bicyclic) bond motifs is 1. The fraction of sp³-hybridized carbons (Fsp3) is 0.333. The van der Waals surface area contributed by atoms with E-state index in [0.717, 1.165) is 35.0 Å². The molecule has 3 aromatic heterocycles. The van der Waals surface area contributed by atoms with E-state index in [1.807, 2.05) is 30.3 Å². The Hall–Kier alpha value is -3.40. The molecule has 1 aromatic carbocycles. The second-order valence-electron chi connectivity index (χ2n) is 7.65. The average Bonchev–Trinajstić information content (AvgIpc) is 3.29. The number of methoxy groups -OCH3 is 1. The van der Waals surface area contributed by atoms with Gasteiger partial charge in [-0.2, -0.15) is 5.10 Å². The molecule has 0 saturated heterocycles. The van der Waals surface area contributed by atoms with E-state index in [4.69, 9.17) is 20.2 Å². The van der Waals surface area contributed by atoms with Gasteiger partial charge >= 0.3 is 0 Å². The molecule has 172 valence electrons. The van der Waals surface area contributed by atoms with Crippen LogP contribution in [0.15, 0.2) is 48.8 Å². The van der Waals surface area contributed by atoms with Gasteiger partial charge in [0.25, 0.3) is 0 Å². The van der Waals surface area contributed by atoms with Gasteiger partial charge in [-0.1, -0.05) is 19.4 Å². The van der Waals surface area contributed by atoms with Crippen molar-refractivity contribution in [2.45, 2.75) is 32.4 Å². The van der Waals surface area contributed by atoms with Gasteiger partial charge in [0.2, 0.25) is 0 Å². The molecule has 1 atom stereocenters. The molecule has 0 radical (unpaired) electrons. The number of nitrogens with two attached hydrogens (primary N) is 1. The van der Waals surface area contributed by atoms with Crippen molar-refractivity contribution < 1.29 is 14.6 Å². The number of aliphatic hydroxyl groups is 1. The molecule has 33 heavy (non-hydrogen) atoms. The van der Waals surface area contributed by atoms with Crippen LogP contribution in [0.5, 0.6) is 5.75 Å². The second-order valence-corrected chi connectivity index (χ2v) is 7.65. The summed E-state index contributed by atoms with van der Waals surface area (Å²) in [6.07, 6.45) is 5.29. The van der Waals surface area contributed by atoms with Crippen LogP contribution in [-0.4, -0.2) is 50.2 Å². The predicted octanol–water partition coefficient (Wildman–Crippen LogP) is 3.19. The van der Waals surface area contributed by atoms with Crippen molar-refractivity contribution in [1.82, 2.24) is 24.7 Å². The van der Waals surface area contributed by atoms with Crippen molar-refractivity contribution in [3.63, 3.8) is 0 Å². The maximum atomic E-state index is 9.49. The van der Waals surface area contributed by atoms with Crippen molar-refractivity contribution in [3.8, 4) is 23.0 Å². The van der Waals surface area contributed by atoms with Gasteiger partial charge in [0, 0.05) is 24.9 Å². The van der Waals surface area contributed by atoms with Crippen LogP contribution in [0.3, 0.4) is 0 Å². The molecular formula is C24H28N6O3. The van der Waals surface area contributed by atoms with Gasteiger partial charge in [-0.3, -0.25) is 0 Å². The minimum atomic E-state index is -0.150. The Morgan fingerprint density at radius 3 is 2.82 bits per heavy atom. The quantitative estimate of drug-likeness (QED) is 0.355. The Morgan fingerprint density at radius 1 is 1.15 bits per heavy atom. The molecule has 0 aliphatic heterocycles. The molecule has 0 bridgehead atoms. The fourth-order valence-corrected chi connectivity index (χ4v) is 3.61. The SMILES string of the molecule is CCC[C@@H](N)c1ccnc(-c2cc(OCCOC)c3cnn(-c4cccc(CO)n4)c3c2)n1. The zero-order chi connectivity index (χ0) is 23.2. The maximum absolute atomic E-state index is 9.49. The first kappa shape index (κ1) is 22.8. The van der Waals surface area contributed by atoms with E-state index in [9.17, 15) is 5.11 Å². The van der Waals surface area contributed by atoms with Crippen LogP contribution in [0.1, 0.15) is 37.2 Å². The lowest BCUT2D eigenvalue weighted by Crippen LogP contribution is -2.12. The Labute approximate surface area is 192 Å². The number of nitrogens with zero attached hydrogens (tertiary/aromatic N) is 5. The number of aliphatic hydroxyl groups excluding tert-OH is 1. The van der Waals surface area contributed by atoms with Crippen LogP contribution >= 0.6 is 0 Å². The summed E-state index contributed by atoms with van der Waals surface area (Å²) in [5, 5.41) is 14.8. The lowest BCUT2D eigenvalue weighted by molar-refractivity contribution is 0.147. The van der Waals surface area contributed by atoms with Crippen LogP contribution in [-0.2, 0) is 11.3 Å². The monoisotopic (exact) mass is 448 g/mol. The standard InChI is InChI=1S/C24H28N6O3/c1-3-5-19(25)20-8-9-26-24(29-20)16-12-21-18(22(13-16)33-11-10-32-2)14-27-30(21)23-7-4-6-17(15-31)28-23/h4,6-9,12-14,19,31H,3,5,10-11,15,25H2,1-2H3/t19-/m1/s1. The number of rotatable bonds is 10. The fourth-order valence-electron chi connectivity index (χ4n) is 3.61. The Kier molecular flexibility index (Phi) is 7.23. The van der Waals surface area contributed by atoms with Gasteiger partial charge in [0.15, 0.2) is 11.6 Å². The topological polar surface area (TPSA) is 121 Å². The third kappa shape index (κ3) is 5.00. The third-order valence-electron chi connectivity index (χ3n) is 5.28. The highest BCUT2D eigenvalue weighted by Gasteiger charge is 2.16. The smallest absolute Gasteiger partial charge is 0.159 e. The largest absolute Gasteiger partial charge is 0.490 e. The minimum Gasteiger partial charge on any atom is -0.490 e. The van der Waals surface area contributed by atoms with E-state index < -0.39 is 0 Å². The molecule has 0 spiro atoms. The highest BCUT2D eigenvalue weighted by atomic mass is 16.5. The maximum Gasteiger partial charge on any atom is 0.159 e. The molecule has 4 rings (SSSR count). The molecule has 0 fully saturated rings. The summed E-state index contributed by atoms with van der Waals surface area (Å²) in [6.45, 7) is 2.79. The van der Waals surface area contributed by atoms with Crippen LogP contribution in [0, 0.1) is 0 Å². The van der Waals surface area contributed by atoms with Gasteiger partial charge in [0.1, 0.15) is 12.4 Å². The molecule has 9 nitrogen and oxygen atoms in total. The normalized spacial score (nSPS) is 12.2. The number of hydrogen-bond acceptors (Lipinski definition) is 8. The van der Waals surface area contributed by atoms with Crippen LogP contribution in [0.25, 0.3) is 28.1 Å². The zero-order valence-electron chi connectivity index (χ0n) is 18.8. The summed E-state index contributed by atoms with van der Waals surface area (Å²) < 4.78 is 12.9. The Morgan fingerprint density at radius 2 is 2.03 bits per heavy atom. The zero-order valence-corrected chi connectivity index (χ0v) is 18.8. The van der Waals surface area contributed by atoms with Crippen molar-refractivity contribution in [2.75, 3.05) is 20.3 Å². The molecule has 0 saturated carbocycles. The van der Waals surface area contributed by atoms with Crippen LogP contribution < -0.4 is 10.5 Å². The molecule has 0 aliphatic carbocycles. The predicted molar refractivity (Wildman–Crippen MR) is 125 cm³/mol. The molecule has 0 aliphatic rings. The minimum absolute atomic E-state index is 0.145. The summed E-state index contributed by atoms with van der Waals surface area (Å²) in [6, 6.07) is 11.0. The second kappa shape index (κ2) is 10.5. The lowest BCUT2D eigenvalue weighted by Gasteiger charge is -2.13. The van der Waals surface area contributed by atoms with Gasteiger partial charge in [-0.25, -0.2) is 19.6 Å². The molecule has 0 unspecified atom stereocenters. The summed E-state index contributed by atoms with van der Waals surface area (Å²) in [5.41, 5.74) is 9.22. The van der Waals surface area contributed by atoms with Gasteiger partial charge < -0.3 is 20.3 Å². The highest BCUT2D eigenvalue weighted by molar-refractivity contribution is 5.90. The molecule has 0 amide bonds. The van der Waals surface area contributed by atoms with Crippen LogP contribution in [0.2, 0.25) is 0 Å². The third-order valence-corrected chi connectivity index (χ3v) is 5.28. The van der Waals surface area contributed by atoms with Gasteiger partial charge in [-0.15, -0.1) is 0 Å². The van der Waals surface area contributed by atoms with E-state index in [-0.39, 0.29) is 12.6 Å². The first-order chi connectivity index (χ1) is 16.1.